The molecule has 1 aliphatic heterocycles. The molecule has 2 heterocycles. The molecule has 25 heavy (non-hydrogen) atoms. The van der Waals surface area contributed by atoms with Gasteiger partial charge in [-0.25, -0.2) is 4.98 Å². The van der Waals surface area contributed by atoms with Gasteiger partial charge in [0.05, 0.1) is 22.7 Å². The highest BCUT2D eigenvalue weighted by Crippen LogP contribution is 2.30. The van der Waals surface area contributed by atoms with E-state index in [1.54, 1.807) is 12.5 Å². The van der Waals surface area contributed by atoms with Gasteiger partial charge in [-0.1, -0.05) is 48.0 Å². The highest BCUT2D eigenvalue weighted by Gasteiger charge is 2.23. The van der Waals surface area contributed by atoms with Crippen LogP contribution in [0.2, 0.25) is 5.02 Å². The van der Waals surface area contributed by atoms with E-state index in [0.717, 1.165) is 42.5 Å². The highest BCUT2D eigenvalue weighted by molar-refractivity contribution is 6.33. The van der Waals surface area contributed by atoms with Crippen LogP contribution in [0.3, 0.4) is 0 Å². The van der Waals surface area contributed by atoms with Gasteiger partial charge in [0.1, 0.15) is 0 Å². The lowest BCUT2D eigenvalue weighted by atomic mass is 10.2. The Morgan fingerprint density at radius 1 is 1.12 bits per heavy atom. The Bertz CT molecular complexity index is 817. The molecule has 2 aromatic carbocycles. The number of nitrogens with one attached hydrogen (secondary N) is 1. The summed E-state index contributed by atoms with van der Waals surface area (Å²) in [6.07, 6.45) is 6.60. The van der Waals surface area contributed by atoms with Gasteiger partial charge < -0.3 is 9.88 Å². The van der Waals surface area contributed by atoms with Crippen molar-refractivity contribution in [3.8, 4) is 5.69 Å². The topological polar surface area (TPSA) is 33.1 Å². The minimum absolute atomic E-state index is 0.421. The fourth-order valence-corrected chi connectivity index (χ4v) is 3.71. The van der Waals surface area contributed by atoms with E-state index in [1.807, 2.05) is 22.9 Å². The van der Waals surface area contributed by atoms with Gasteiger partial charge in [0.15, 0.2) is 0 Å². The summed E-state index contributed by atoms with van der Waals surface area (Å²) in [5.74, 6) is 0. The van der Waals surface area contributed by atoms with Gasteiger partial charge in [0.25, 0.3) is 0 Å². The van der Waals surface area contributed by atoms with E-state index >= 15 is 0 Å². The molecule has 1 fully saturated rings. The first-order chi connectivity index (χ1) is 12.3. The Kier molecular flexibility index (Phi) is 4.72. The molecule has 1 N–H and O–H groups in total. The second-order valence-corrected chi connectivity index (χ2v) is 6.86. The Morgan fingerprint density at radius 3 is 2.80 bits per heavy atom. The van der Waals surface area contributed by atoms with Crippen molar-refractivity contribution in [3.63, 3.8) is 0 Å². The summed E-state index contributed by atoms with van der Waals surface area (Å²) in [4.78, 5) is 6.63. The summed E-state index contributed by atoms with van der Waals surface area (Å²) in [5, 5.41) is 4.40. The van der Waals surface area contributed by atoms with Gasteiger partial charge in [0, 0.05) is 38.1 Å². The minimum Gasteiger partial charge on any atom is -0.379 e. The minimum atomic E-state index is 0.421. The summed E-state index contributed by atoms with van der Waals surface area (Å²) in [6, 6.07) is 17.1. The first kappa shape index (κ1) is 16.2. The molecule has 0 radical (unpaired) electrons. The van der Waals surface area contributed by atoms with Crippen LogP contribution in [-0.2, 0) is 6.54 Å². The average Bonchev–Trinajstić information content (AvgIpc) is 3.28. The molecule has 4 rings (SSSR count). The maximum absolute atomic E-state index is 6.44. The molecule has 4 nitrogen and oxygen atoms in total. The third kappa shape index (κ3) is 3.70. The predicted molar refractivity (Wildman–Crippen MR) is 102 cm³/mol. The summed E-state index contributed by atoms with van der Waals surface area (Å²) in [6.45, 7) is 3.14. The summed E-state index contributed by atoms with van der Waals surface area (Å²) < 4.78 is 1.96. The number of anilines is 1. The number of imidazole rings is 1. The van der Waals surface area contributed by atoms with Crippen LogP contribution in [0, 0.1) is 0 Å². The van der Waals surface area contributed by atoms with Gasteiger partial charge >= 0.3 is 0 Å². The third-order valence-electron chi connectivity index (χ3n) is 4.63. The SMILES string of the molecule is Clc1cccc(NC2CCN(Cc3ccccc3)C2)c1-n1ccnc1. The Morgan fingerprint density at radius 2 is 2.00 bits per heavy atom. The van der Waals surface area contributed by atoms with Crippen LogP contribution < -0.4 is 5.32 Å². The summed E-state index contributed by atoms with van der Waals surface area (Å²) in [5.41, 5.74) is 3.38. The lowest BCUT2D eigenvalue weighted by Crippen LogP contribution is -2.26. The monoisotopic (exact) mass is 352 g/mol. The zero-order valence-corrected chi connectivity index (χ0v) is 14.7. The standard InChI is InChI=1S/C20H21ClN4/c21-18-7-4-8-19(20(18)25-12-10-22-15-25)23-17-9-11-24(14-17)13-16-5-2-1-3-6-16/h1-8,10,12,15,17,23H,9,11,13-14H2. The summed E-state index contributed by atoms with van der Waals surface area (Å²) >= 11 is 6.44. The van der Waals surface area contributed by atoms with E-state index in [1.165, 1.54) is 5.56 Å². The molecule has 1 atom stereocenters. The zero-order chi connectivity index (χ0) is 17.1. The van der Waals surface area contributed by atoms with Crippen molar-refractivity contribution in [2.45, 2.75) is 19.0 Å². The number of halogens is 1. The van der Waals surface area contributed by atoms with E-state index in [0.29, 0.717) is 6.04 Å². The predicted octanol–water partition coefficient (Wildman–Crippen LogP) is 4.21. The van der Waals surface area contributed by atoms with E-state index in [9.17, 15) is 0 Å². The van der Waals surface area contributed by atoms with Gasteiger partial charge in [0.2, 0.25) is 0 Å². The Hall–Kier alpha value is -2.30. The van der Waals surface area contributed by atoms with Crippen molar-refractivity contribution < 1.29 is 0 Å². The van der Waals surface area contributed by atoms with Crippen molar-refractivity contribution in [1.82, 2.24) is 14.5 Å². The van der Waals surface area contributed by atoms with Crippen LogP contribution in [-0.4, -0.2) is 33.6 Å². The average molecular weight is 353 g/mol. The van der Waals surface area contributed by atoms with Gasteiger partial charge in [-0.2, -0.15) is 0 Å². The number of hydrogen-bond donors (Lipinski definition) is 1. The number of likely N-dealkylation sites (tertiary alicyclic amines) is 1. The van der Waals surface area contributed by atoms with E-state index in [2.05, 4.69) is 51.6 Å². The number of aromatic nitrogens is 2. The zero-order valence-electron chi connectivity index (χ0n) is 14.0. The van der Waals surface area contributed by atoms with Crippen molar-refractivity contribution in [3.05, 3.63) is 77.8 Å². The Labute approximate surface area is 153 Å². The molecule has 1 unspecified atom stereocenters. The van der Waals surface area contributed by atoms with E-state index in [4.69, 9.17) is 11.6 Å². The lowest BCUT2D eigenvalue weighted by molar-refractivity contribution is 0.328. The molecule has 1 aromatic heterocycles. The first-order valence-corrected chi connectivity index (χ1v) is 8.97. The molecule has 0 saturated carbocycles. The number of rotatable bonds is 5. The van der Waals surface area contributed by atoms with Gasteiger partial charge in [-0.15, -0.1) is 0 Å². The molecule has 0 amide bonds. The normalized spacial score (nSPS) is 17.7. The molecule has 128 valence electrons. The van der Waals surface area contributed by atoms with Crippen molar-refractivity contribution in [1.29, 1.82) is 0 Å². The summed E-state index contributed by atoms with van der Waals surface area (Å²) in [7, 11) is 0. The Balaban J connectivity index is 1.46. The highest BCUT2D eigenvalue weighted by atomic mass is 35.5. The number of benzene rings is 2. The molecule has 0 spiro atoms. The van der Waals surface area contributed by atoms with Crippen molar-refractivity contribution in [2.75, 3.05) is 18.4 Å². The van der Waals surface area contributed by atoms with Gasteiger partial charge in [-0.05, 0) is 24.1 Å². The smallest absolute Gasteiger partial charge is 0.0992 e. The maximum Gasteiger partial charge on any atom is 0.0992 e. The van der Waals surface area contributed by atoms with E-state index in [-0.39, 0.29) is 0 Å². The third-order valence-corrected chi connectivity index (χ3v) is 4.94. The second-order valence-electron chi connectivity index (χ2n) is 6.46. The number of nitrogens with zero attached hydrogens (tertiary/aromatic N) is 3. The van der Waals surface area contributed by atoms with E-state index < -0.39 is 0 Å². The largest absolute Gasteiger partial charge is 0.379 e. The fraction of sp³-hybridized carbons (Fsp3) is 0.250. The molecule has 5 heteroatoms. The van der Waals surface area contributed by atoms with Crippen LogP contribution in [0.4, 0.5) is 5.69 Å². The van der Waals surface area contributed by atoms with Crippen LogP contribution in [0.5, 0.6) is 0 Å². The van der Waals surface area contributed by atoms with Crippen molar-refractivity contribution in [2.24, 2.45) is 0 Å². The molecule has 1 saturated heterocycles. The van der Waals surface area contributed by atoms with Crippen molar-refractivity contribution >= 4 is 17.3 Å². The fourth-order valence-electron chi connectivity index (χ4n) is 3.44. The molecule has 1 aliphatic rings. The van der Waals surface area contributed by atoms with Crippen LogP contribution in [0.1, 0.15) is 12.0 Å². The van der Waals surface area contributed by atoms with Crippen LogP contribution in [0.15, 0.2) is 67.3 Å². The molecule has 0 bridgehead atoms. The lowest BCUT2D eigenvalue weighted by Gasteiger charge is -2.20. The first-order valence-electron chi connectivity index (χ1n) is 8.59. The second kappa shape index (κ2) is 7.30. The molecule has 3 aromatic rings. The van der Waals surface area contributed by atoms with Crippen LogP contribution in [0.25, 0.3) is 5.69 Å². The molecular formula is C20H21ClN4. The number of hydrogen-bond acceptors (Lipinski definition) is 3. The number of para-hydroxylation sites is 1. The van der Waals surface area contributed by atoms with Crippen LogP contribution >= 0.6 is 11.6 Å². The molecule has 0 aliphatic carbocycles. The molecular weight excluding hydrogens is 332 g/mol. The maximum atomic E-state index is 6.44. The quantitative estimate of drug-likeness (QED) is 0.746. The van der Waals surface area contributed by atoms with Gasteiger partial charge in [-0.3, -0.25) is 4.90 Å².